The van der Waals surface area contributed by atoms with Crippen molar-refractivity contribution in [1.82, 2.24) is 9.97 Å². The molecular formula is C23H19F3N4O3. The van der Waals surface area contributed by atoms with Gasteiger partial charge in [0.2, 0.25) is 0 Å². The summed E-state index contributed by atoms with van der Waals surface area (Å²) in [5, 5.41) is 4.69. The number of benzene rings is 2. The molecule has 170 valence electrons. The molecule has 10 heteroatoms. The van der Waals surface area contributed by atoms with Crippen molar-refractivity contribution in [2.75, 3.05) is 17.2 Å². The van der Waals surface area contributed by atoms with Crippen molar-refractivity contribution in [1.29, 1.82) is 0 Å². The molecule has 2 N–H and O–H groups in total. The second-order valence-electron chi connectivity index (χ2n) is 7.36. The van der Waals surface area contributed by atoms with E-state index >= 15 is 0 Å². The lowest BCUT2D eigenvalue weighted by Crippen LogP contribution is -2.27. The van der Waals surface area contributed by atoms with Crippen LogP contribution in [-0.2, 0) is 15.7 Å². The van der Waals surface area contributed by atoms with Gasteiger partial charge in [-0.3, -0.25) is 9.59 Å². The topological polar surface area (TPSA) is 93.2 Å². The van der Waals surface area contributed by atoms with Gasteiger partial charge in [0.25, 0.3) is 11.8 Å². The fraction of sp³-hybridized carbons (Fsp3) is 0.217. The summed E-state index contributed by atoms with van der Waals surface area (Å²) in [5.41, 5.74) is -0.850. The lowest BCUT2D eigenvalue weighted by Gasteiger charge is -2.16. The molecular weight excluding hydrogens is 437 g/mol. The Bertz CT molecular complexity index is 1150. The van der Waals surface area contributed by atoms with Crippen molar-refractivity contribution in [2.24, 2.45) is 0 Å². The summed E-state index contributed by atoms with van der Waals surface area (Å²) < 4.78 is 46.2. The number of hydrogen-bond acceptors (Lipinski definition) is 5. The van der Waals surface area contributed by atoms with Crippen molar-refractivity contribution >= 4 is 23.2 Å². The number of nitrogens with zero attached hydrogens (tertiary/aromatic N) is 2. The molecule has 0 saturated carbocycles. The summed E-state index contributed by atoms with van der Waals surface area (Å²) in [7, 11) is 0. The summed E-state index contributed by atoms with van der Waals surface area (Å²) in [6, 6.07) is 12.2. The average molecular weight is 456 g/mol. The van der Waals surface area contributed by atoms with E-state index in [4.69, 9.17) is 4.74 Å². The minimum Gasteiger partial charge on any atom is -0.368 e. The number of nitrogens with one attached hydrogen (secondary N) is 2. The molecule has 0 radical (unpaired) electrons. The number of amides is 2. The van der Waals surface area contributed by atoms with E-state index in [0.29, 0.717) is 25.3 Å². The molecule has 0 bridgehead atoms. The maximum atomic E-state index is 13.6. The summed E-state index contributed by atoms with van der Waals surface area (Å²) in [5.74, 6) is -0.918. The number of hydrogen-bond donors (Lipinski definition) is 2. The van der Waals surface area contributed by atoms with E-state index in [1.165, 1.54) is 18.5 Å². The van der Waals surface area contributed by atoms with Crippen LogP contribution >= 0.6 is 0 Å². The van der Waals surface area contributed by atoms with Gasteiger partial charge in [0.1, 0.15) is 6.10 Å². The molecule has 2 amide bonds. The van der Waals surface area contributed by atoms with Gasteiger partial charge in [-0.15, -0.1) is 0 Å². The molecule has 1 atom stereocenters. The van der Waals surface area contributed by atoms with Crippen LogP contribution in [-0.4, -0.2) is 34.5 Å². The molecule has 4 rings (SSSR count). The summed E-state index contributed by atoms with van der Waals surface area (Å²) >= 11 is 0. The Balaban J connectivity index is 1.51. The molecule has 1 fully saturated rings. The fourth-order valence-corrected chi connectivity index (χ4v) is 3.35. The number of aromatic nitrogens is 2. The normalized spacial score (nSPS) is 15.8. The Labute approximate surface area is 187 Å². The Morgan fingerprint density at radius 1 is 1.00 bits per heavy atom. The van der Waals surface area contributed by atoms with Gasteiger partial charge in [0.05, 0.1) is 16.8 Å². The van der Waals surface area contributed by atoms with Gasteiger partial charge in [-0.1, -0.05) is 30.3 Å². The maximum Gasteiger partial charge on any atom is 0.418 e. The Morgan fingerprint density at radius 3 is 2.36 bits per heavy atom. The number of carbonyl (C=O) groups is 2. The number of alkyl halides is 3. The van der Waals surface area contributed by atoms with Crippen molar-refractivity contribution in [3.63, 3.8) is 0 Å². The van der Waals surface area contributed by atoms with E-state index in [0.717, 1.165) is 17.7 Å². The van der Waals surface area contributed by atoms with Gasteiger partial charge < -0.3 is 15.4 Å². The first-order valence-electron chi connectivity index (χ1n) is 10.1. The van der Waals surface area contributed by atoms with E-state index < -0.39 is 35.3 Å². The van der Waals surface area contributed by atoms with Crippen LogP contribution in [0.25, 0.3) is 11.4 Å². The zero-order valence-electron chi connectivity index (χ0n) is 17.2. The Morgan fingerprint density at radius 2 is 1.73 bits per heavy atom. The highest BCUT2D eigenvalue weighted by Gasteiger charge is 2.35. The average Bonchev–Trinajstić information content (AvgIpc) is 3.35. The first-order valence-corrected chi connectivity index (χ1v) is 10.1. The molecule has 1 aliphatic heterocycles. The van der Waals surface area contributed by atoms with Crippen molar-refractivity contribution < 1.29 is 27.5 Å². The van der Waals surface area contributed by atoms with Gasteiger partial charge in [-0.25, -0.2) is 9.97 Å². The molecule has 7 nitrogen and oxygen atoms in total. The lowest BCUT2D eigenvalue weighted by molar-refractivity contribution is -0.137. The van der Waals surface area contributed by atoms with Gasteiger partial charge >= 0.3 is 6.18 Å². The highest BCUT2D eigenvalue weighted by Crippen LogP contribution is 2.37. The number of carbonyl (C=O) groups excluding carboxylic acids is 2. The number of anilines is 2. The molecule has 0 spiro atoms. The molecule has 1 aliphatic rings. The highest BCUT2D eigenvalue weighted by atomic mass is 19.4. The molecule has 33 heavy (non-hydrogen) atoms. The molecule has 1 saturated heterocycles. The van der Waals surface area contributed by atoms with Crippen LogP contribution < -0.4 is 10.6 Å². The third-order valence-electron chi connectivity index (χ3n) is 5.01. The maximum absolute atomic E-state index is 13.6. The summed E-state index contributed by atoms with van der Waals surface area (Å²) in [6.07, 6.45) is -1.73. The van der Waals surface area contributed by atoms with Crippen molar-refractivity contribution in [2.45, 2.75) is 25.1 Å². The molecule has 1 aromatic heterocycles. The van der Waals surface area contributed by atoms with Crippen LogP contribution in [0.15, 0.2) is 60.9 Å². The second kappa shape index (κ2) is 9.37. The minimum absolute atomic E-state index is 0.00133. The fourth-order valence-electron chi connectivity index (χ4n) is 3.35. The van der Waals surface area contributed by atoms with E-state index in [9.17, 15) is 22.8 Å². The lowest BCUT2D eigenvalue weighted by atomic mass is 10.1. The van der Waals surface area contributed by atoms with E-state index in [-0.39, 0.29) is 11.3 Å². The monoisotopic (exact) mass is 456 g/mol. The number of rotatable bonds is 5. The summed E-state index contributed by atoms with van der Waals surface area (Å²) in [6.45, 7) is 0.437. The van der Waals surface area contributed by atoms with Crippen LogP contribution in [0.4, 0.5) is 24.5 Å². The minimum atomic E-state index is -4.76. The molecule has 2 heterocycles. The van der Waals surface area contributed by atoms with Crippen molar-refractivity contribution in [3.8, 4) is 11.4 Å². The van der Waals surface area contributed by atoms with E-state index in [2.05, 4.69) is 20.6 Å². The summed E-state index contributed by atoms with van der Waals surface area (Å²) in [4.78, 5) is 32.9. The van der Waals surface area contributed by atoms with Crippen LogP contribution in [0.5, 0.6) is 0 Å². The van der Waals surface area contributed by atoms with Gasteiger partial charge in [-0.05, 0) is 31.0 Å². The third-order valence-corrected chi connectivity index (χ3v) is 5.01. The Kier molecular flexibility index (Phi) is 6.36. The zero-order chi connectivity index (χ0) is 23.4. The third kappa shape index (κ3) is 5.35. The van der Waals surface area contributed by atoms with E-state index in [1.807, 2.05) is 18.2 Å². The van der Waals surface area contributed by atoms with E-state index in [1.54, 1.807) is 12.1 Å². The molecule has 1 unspecified atom stereocenters. The quantitative estimate of drug-likeness (QED) is 0.588. The molecule has 3 aromatic rings. The predicted molar refractivity (Wildman–Crippen MR) is 114 cm³/mol. The predicted octanol–water partition coefficient (Wildman–Crippen LogP) is 4.53. The SMILES string of the molecule is O=C(Nc1ccc(NC(=O)C2CCCO2)cc1C(F)(F)F)c1cnc(-c2ccccc2)nc1. The van der Waals surface area contributed by atoms with Crippen LogP contribution in [0.1, 0.15) is 28.8 Å². The zero-order valence-corrected chi connectivity index (χ0v) is 17.2. The Hall–Kier alpha value is -3.79. The first kappa shape index (κ1) is 22.4. The van der Waals surface area contributed by atoms with Crippen LogP contribution in [0, 0.1) is 0 Å². The van der Waals surface area contributed by atoms with Crippen LogP contribution in [0.2, 0.25) is 0 Å². The molecule has 2 aromatic carbocycles. The van der Waals surface area contributed by atoms with Crippen LogP contribution in [0.3, 0.4) is 0 Å². The standard InChI is InChI=1S/C23H19F3N4O3/c24-23(25,26)17-11-16(29-22(32)19-7-4-10-33-19)8-9-18(17)30-21(31)15-12-27-20(28-13-15)14-5-2-1-3-6-14/h1-3,5-6,8-9,11-13,19H,4,7,10H2,(H,29,32)(H,30,31). The molecule has 0 aliphatic carbocycles. The smallest absolute Gasteiger partial charge is 0.368 e. The second-order valence-corrected chi connectivity index (χ2v) is 7.36. The number of ether oxygens (including phenoxy) is 1. The van der Waals surface area contributed by atoms with Gasteiger partial charge in [-0.2, -0.15) is 13.2 Å². The van der Waals surface area contributed by atoms with Gasteiger partial charge in [0.15, 0.2) is 5.82 Å². The van der Waals surface area contributed by atoms with Gasteiger partial charge in [0, 0.05) is 30.3 Å². The largest absolute Gasteiger partial charge is 0.418 e. The highest BCUT2D eigenvalue weighted by molar-refractivity contribution is 6.04. The first-order chi connectivity index (χ1) is 15.8. The van der Waals surface area contributed by atoms with Crippen molar-refractivity contribution in [3.05, 3.63) is 72.1 Å². The number of halogens is 3.